The van der Waals surface area contributed by atoms with Crippen LogP contribution in [0.5, 0.6) is 0 Å². The standard InChI is InChI=1S/C13H11ClF2N2O/c1-7-11(13(14)18(2)17-7)6-12(19)8-3-9(15)5-10(16)4-8/h3-5H,6H2,1-2H3. The van der Waals surface area contributed by atoms with E-state index in [1.54, 1.807) is 14.0 Å². The van der Waals surface area contributed by atoms with Crippen molar-refractivity contribution in [3.63, 3.8) is 0 Å². The Morgan fingerprint density at radius 3 is 2.37 bits per heavy atom. The fraction of sp³-hybridized carbons (Fsp3) is 0.231. The minimum Gasteiger partial charge on any atom is -0.294 e. The normalized spacial score (nSPS) is 10.8. The molecule has 0 saturated heterocycles. The van der Waals surface area contributed by atoms with Gasteiger partial charge < -0.3 is 0 Å². The molecule has 0 spiro atoms. The Labute approximate surface area is 113 Å². The summed E-state index contributed by atoms with van der Waals surface area (Å²) < 4.78 is 27.6. The summed E-state index contributed by atoms with van der Waals surface area (Å²) in [6.45, 7) is 1.72. The van der Waals surface area contributed by atoms with Crippen LogP contribution in [0.15, 0.2) is 18.2 Å². The second-order valence-electron chi connectivity index (χ2n) is 4.24. The molecule has 1 aromatic heterocycles. The van der Waals surface area contributed by atoms with Crippen molar-refractivity contribution < 1.29 is 13.6 Å². The maximum atomic E-state index is 13.1. The summed E-state index contributed by atoms with van der Waals surface area (Å²) in [4.78, 5) is 12.0. The van der Waals surface area contributed by atoms with Gasteiger partial charge in [-0.1, -0.05) is 11.6 Å². The number of aromatic nitrogens is 2. The zero-order valence-corrected chi connectivity index (χ0v) is 11.1. The van der Waals surface area contributed by atoms with Gasteiger partial charge in [0, 0.05) is 30.7 Å². The van der Waals surface area contributed by atoms with Crippen LogP contribution in [0.4, 0.5) is 8.78 Å². The number of benzene rings is 1. The number of hydrogen-bond donors (Lipinski definition) is 0. The molecule has 1 heterocycles. The third-order valence-corrected chi connectivity index (χ3v) is 3.26. The van der Waals surface area contributed by atoms with Gasteiger partial charge in [-0.15, -0.1) is 0 Å². The van der Waals surface area contributed by atoms with E-state index in [0.29, 0.717) is 16.4 Å². The van der Waals surface area contributed by atoms with Gasteiger partial charge in [0.15, 0.2) is 5.78 Å². The van der Waals surface area contributed by atoms with Gasteiger partial charge in [0.25, 0.3) is 0 Å². The SMILES string of the molecule is Cc1nn(C)c(Cl)c1CC(=O)c1cc(F)cc(F)c1. The fourth-order valence-corrected chi connectivity index (χ4v) is 2.09. The van der Waals surface area contributed by atoms with Crippen LogP contribution in [0, 0.1) is 18.6 Å². The lowest BCUT2D eigenvalue weighted by Crippen LogP contribution is -2.05. The van der Waals surface area contributed by atoms with Crippen LogP contribution in [-0.2, 0) is 13.5 Å². The molecule has 100 valence electrons. The van der Waals surface area contributed by atoms with Crippen LogP contribution in [0.25, 0.3) is 0 Å². The van der Waals surface area contributed by atoms with Gasteiger partial charge in [-0.05, 0) is 19.1 Å². The first kappa shape index (κ1) is 13.7. The molecule has 2 rings (SSSR count). The van der Waals surface area contributed by atoms with E-state index in [0.717, 1.165) is 18.2 Å². The first-order valence-corrected chi connectivity index (χ1v) is 5.93. The van der Waals surface area contributed by atoms with Crippen molar-refractivity contribution in [1.82, 2.24) is 9.78 Å². The number of ketones is 1. The summed E-state index contributed by atoms with van der Waals surface area (Å²) in [7, 11) is 1.66. The molecule has 0 bridgehead atoms. The van der Waals surface area contributed by atoms with Gasteiger partial charge in [-0.2, -0.15) is 5.10 Å². The van der Waals surface area contributed by atoms with E-state index in [2.05, 4.69) is 5.10 Å². The molecule has 19 heavy (non-hydrogen) atoms. The van der Waals surface area contributed by atoms with Gasteiger partial charge in [0.05, 0.1) is 5.69 Å². The molecule has 0 atom stereocenters. The van der Waals surface area contributed by atoms with Gasteiger partial charge in [-0.25, -0.2) is 8.78 Å². The molecule has 3 nitrogen and oxygen atoms in total. The highest BCUT2D eigenvalue weighted by atomic mass is 35.5. The zero-order valence-electron chi connectivity index (χ0n) is 10.4. The van der Waals surface area contributed by atoms with Crippen molar-refractivity contribution in [3.05, 3.63) is 51.8 Å². The molecule has 0 unspecified atom stereocenters. The monoisotopic (exact) mass is 284 g/mol. The van der Waals surface area contributed by atoms with Crippen molar-refractivity contribution in [2.45, 2.75) is 13.3 Å². The Kier molecular flexibility index (Phi) is 3.66. The summed E-state index contributed by atoms with van der Waals surface area (Å²) in [6.07, 6.45) is -0.0403. The van der Waals surface area contributed by atoms with Crippen LogP contribution in [0.2, 0.25) is 5.15 Å². The van der Waals surface area contributed by atoms with E-state index in [-0.39, 0.29) is 12.0 Å². The van der Waals surface area contributed by atoms with Crippen molar-refractivity contribution in [2.24, 2.45) is 7.05 Å². The number of carbonyl (C=O) groups excluding carboxylic acids is 1. The van der Waals surface area contributed by atoms with Gasteiger partial charge >= 0.3 is 0 Å². The Balaban J connectivity index is 2.30. The molecule has 0 aliphatic carbocycles. The molecular weight excluding hydrogens is 274 g/mol. The van der Waals surface area contributed by atoms with Gasteiger partial charge in [-0.3, -0.25) is 9.48 Å². The second-order valence-corrected chi connectivity index (χ2v) is 4.59. The van der Waals surface area contributed by atoms with Crippen molar-refractivity contribution in [3.8, 4) is 0 Å². The number of aryl methyl sites for hydroxylation is 2. The van der Waals surface area contributed by atoms with Crippen molar-refractivity contribution >= 4 is 17.4 Å². The summed E-state index contributed by atoms with van der Waals surface area (Å²) in [6, 6.07) is 2.73. The average Bonchev–Trinajstić information content (AvgIpc) is 2.54. The van der Waals surface area contributed by atoms with E-state index in [9.17, 15) is 13.6 Å². The van der Waals surface area contributed by atoms with Gasteiger partial charge in [0.1, 0.15) is 16.8 Å². The van der Waals surface area contributed by atoms with Crippen LogP contribution < -0.4 is 0 Å². The summed E-state index contributed by atoms with van der Waals surface area (Å²) in [5.74, 6) is -1.97. The molecule has 0 fully saturated rings. The smallest absolute Gasteiger partial charge is 0.167 e. The number of rotatable bonds is 3. The van der Waals surface area contributed by atoms with Gasteiger partial charge in [0.2, 0.25) is 0 Å². The lowest BCUT2D eigenvalue weighted by atomic mass is 10.0. The predicted octanol–water partition coefficient (Wildman–Crippen LogP) is 3.09. The molecule has 0 N–H and O–H groups in total. The maximum absolute atomic E-state index is 13.1. The minimum atomic E-state index is -0.780. The van der Waals surface area contributed by atoms with Crippen LogP contribution in [0.3, 0.4) is 0 Å². The topological polar surface area (TPSA) is 34.9 Å². The van der Waals surface area contributed by atoms with Crippen LogP contribution >= 0.6 is 11.6 Å². The highest BCUT2D eigenvalue weighted by molar-refractivity contribution is 6.30. The Morgan fingerprint density at radius 1 is 1.32 bits per heavy atom. The van der Waals surface area contributed by atoms with E-state index in [1.165, 1.54) is 4.68 Å². The number of Topliss-reactive ketones (excluding diaryl/α,β-unsaturated/α-hetero) is 1. The minimum absolute atomic E-state index is 0.0168. The summed E-state index contributed by atoms with van der Waals surface area (Å²) >= 11 is 6.01. The van der Waals surface area contributed by atoms with Crippen molar-refractivity contribution in [1.29, 1.82) is 0 Å². The third kappa shape index (κ3) is 2.81. The molecule has 0 amide bonds. The maximum Gasteiger partial charge on any atom is 0.167 e. The lowest BCUT2D eigenvalue weighted by molar-refractivity contribution is 0.0992. The quantitative estimate of drug-likeness (QED) is 0.812. The number of hydrogen-bond acceptors (Lipinski definition) is 2. The largest absolute Gasteiger partial charge is 0.294 e. The third-order valence-electron chi connectivity index (χ3n) is 2.79. The Bertz CT molecular complexity index is 632. The fourth-order valence-electron chi connectivity index (χ4n) is 1.85. The highest BCUT2D eigenvalue weighted by Crippen LogP contribution is 2.21. The summed E-state index contributed by atoms with van der Waals surface area (Å²) in [5.41, 5.74) is 1.17. The molecule has 6 heteroatoms. The molecular formula is C13H11ClF2N2O. The van der Waals surface area contributed by atoms with E-state index in [4.69, 9.17) is 11.6 Å². The van der Waals surface area contributed by atoms with E-state index < -0.39 is 17.4 Å². The second kappa shape index (κ2) is 5.09. The Hall–Kier alpha value is -1.75. The number of halogens is 3. The molecule has 0 saturated carbocycles. The van der Waals surface area contributed by atoms with E-state index >= 15 is 0 Å². The first-order chi connectivity index (χ1) is 8.88. The number of carbonyl (C=O) groups is 1. The Morgan fingerprint density at radius 2 is 1.89 bits per heavy atom. The molecule has 2 aromatic rings. The van der Waals surface area contributed by atoms with Crippen LogP contribution in [0.1, 0.15) is 21.6 Å². The van der Waals surface area contributed by atoms with Crippen LogP contribution in [-0.4, -0.2) is 15.6 Å². The molecule has 0 aliphatic rings. The highest BCUT2D eigenvalue weighted by Gasteiger charge is 2.17. The zero-order chi connectivity index (χ0) is 14.2. The summed E-state index contributed by atoms with van der Waals surface area (Å²) in [5, 5.41) is 4.43. The lowest BCUT2D eigenvalue weighted by Gasteiger charge is -2.02. The van der Waals surface area contributed by atoms with E-state index in [1.807, 2.05) is 0 Å². The predicted molar refractivity (Wildman–Crippen MR) is 67.3 cm³/mol. The average molecular weight is 285 g/mol. The molecule has 0 radical (unpaired) electrons. The molecule has 1 aromatic carbocycles. The molecule has 0 aliphatic heterocycles. The first-order valence-electron chi connectivity index (χ1n) is 5.55. The number of nitrogens with zero attached hydrogens (tertiary/aromatic N) is 2. The van der Waals surface area contributed by atoms with Crippen molar-refractivity contribution in [2.75, 3.05) is 0 Å².